The monoisotopic (exact) mass is 337 g/mol. The van der Waals surface area contributed by atoms with E-state index >= 15 is 0 Å². The van der Waals surface area contributed by atoms with Crippen LogP contribution in [0.1, 0.15) is 37.6 Å². The Balaban J connectivity index is 2.33. The topological polar surface area (TPSA) is 53.1 Å². The molecule has 20 heavy (non-hydrogen) atoms. The first-order valence-electron chi connectivity index (χ1n) is 6.86. The highest BCUT2D eigenvalue weighted by Crippen LogP contribution is 2.28. The first kappa shape index (κ1) is 15.1. The summed E-state index contributed by atoms with van der Waals surface area (Å²) in [6.07, 6.45) is 2.82. The molecule has 2 N–H and O–H groups in total. The zero-order chi connectivity index (χ0) is 14.5. The zero-order valence-electron chi connectivity index (χ0n) is 11.8. The standard InChI is InChI=1S/C15H20BrN3O/c1-3-8-19-15(13(16)10-18-19)14(17)11-6-5-7-12(9-11)20-4-2/h5-7,9-10,14H,3-4,8,17H2,1-2H3. The van der Waals surface area contributed by atoms with E-state index in [1.165, 1.54) is 0 Å². The number of nitrogens with two attached hydrogens (primary N) is 1. The Bertz CT molecular complexity index is 568. The molecule has 0 aliphatic carbocycles. The number of aromatic nitrogens is 2. The van der Waals surface area contributed by atoms with Gasteiger partial charge in [-0.2, -0.15) is 5.10 Å². The van der Waals surface area contributed by atoms with Crippen LogP contribution in [0.15, 0.2) is 34.9 Å². The predicted octanol–water partition coefficient (Wildman–Crippen LogP) is 3.50. The van der Waals surface area contributed by atoms with Gasteiger partial charge < -0.3 is 10.5 Å². The van der Waals surface area contributed by atoms with Gasteiger partial charge >= 0.3 is 0 Å². The van der Waals surface area contributed by atoms with Gasteiger partial charge in [-0.15, -0.1) is 0 Å². The molecule has 1 atom stereocenters. The number of benzene rings is 1. The third kappa shape index (κ3) is 3.22. The lowest BCUT2D eigenvalue weighted by Gasteiger charge is -2.16. The summed E-state index contributed by atoms with van der Waals surface area (Å²) < 4.78 is 8.44. The van der Waals surface area contributed by atoms with Crippen LogP contribution in [-0.2, 0) is 6.54 Å². The lowest BCUT2D eigenvalue weighted by Crippen LogP contribution is -2.18. The van der Waals surface area contributed by atoms with E-state index < -0.39 is 0 Å². The van der Waals surface area contributed by atoms with E-state index in [4.69, 9.17) is 10.5 Å². The second kappa shape index (κ2) is 6.90. The van der Waals surface area contributed by atoms with Gasteiger partial charge in [-0.3, -0.25) is 4.68 Å². The molecule has 2 aromatic rings. The van der Waals surface area contributed by atoms with E-state index in [0.29, 0.717) is 6.61 Å². The van der Waals surface area contributed by atoms with Gasteiger partial charge in [-0.1, -0.05) is 19.1 Å². The fraction of sp³-hybridized carbons (Fsp3) is 0.400. The molecule has 0 saturated heterocycles. The van der Waals surface area contributed by atoms with Crippen molar-refractivity contribution in [3.05, 3.63) is 46.2 Å². The van der Waals surface area contributed by atoms with Gasteiger partial charge in [0, 0.05) is 6.54 Å². The number of hydrogen-bond donors (Lipinski definition) is 1. The maximum atomic E-state index is 6.41. The number of aryl methyl sites for hydroxylation is 1. The molecule has 1 unspecified atom stereocenters. The van der Waals surface area contributed by atoms with Crippen LogP contribution in [0.5, 0.6) is 5.75 Å². The lowest BCUT2D eigenvalue weighted by atomic mass is 10.0. The summed E-state index contributed by atoms with van der Waals surface area (Å²) in [4.78, 5) is 0. The van der Waals surface area contributed by atoms with E-state index in [-0.39, 0.29) is 6.04 Å². The van der Waals surface area contributed by atoms with Gasteiger partial charge in [0.1, 0.15) is 5.75 Å². The van der Waals surface area contributed by atoms with E-state index in [1.807, 2.05) is 35.9 Å². The molecular weight excluding hydrogens is 318 g/mol. The smallest absolute Gasteiger partial charge is 0.119 e. The molecule has 0 amide bonds. The van der Waals surface area contributed by atoms with Gasteiger partial charge in [0.25, 0.3) is 0 Å². The average Bonchev–Trinajstić information content (AvgIpc) is 2.80. The SMILES string of the molecule is CCCn1ncc(Br)c1C(N)c1cccc(OCC)c1. The average molecular weight is 338 g/mol. The Labute approximate surface area is 128 Å². The summed E-state index contributed by atoms with van der Waals surface area (Å²) in [5.74, 6) is 0.845. The second-order valence-electron chi connectivity index (χ2n) is 4.58. The first-order valence-corrected chi connectivity index (χ1v) is 7.66. The molecule has 0 fully saturated rings. The molecule has 5 heteroatoms. The minimum Gasteiger partial charge on any atom is -0.494 e. The van der Waals surface area contributed by atoms with E-state index in [9.17, 15) is 0 Å². The summed E-state index contributed by atoms with van der Waals surface area (Å²) in [7, 11) is 0. The Morgan fingerprint density at radius 2 is 2.20 bits per heavy atom. The fourth-order valence-electron chi connectivity index (χ4n) is 2.19. The van der Waals surface area contributed by atoms with Gasteiger partial charge in [-0.25, -0.2) is 0 Å². The van der Waals surface area contributed by atoms with Crippen LogP contribution in [0.3, 0.4) is 0 Å². The van der Waals surface area contributed by atoms with Crippen LogP contribution in [0, 0.1) is 0 Å². The van der Waals surface area contributed by atoms with Gasteiger partial charge in [0.15, 0.2) is 0 Å². The van der Waals surface area contributed by atoms with Crippen LogP contribution in [0.2, 0.25) is 0 Å². The number of rotatable bonds is 6. The van der Waals surface area contributed by atoms with Crippen molar-refractivity contribution in [1.29, 1.82) is 0 Å². The summed E-state index contributed by atoms with van der Waals surface area (Å²) >= 11 is 3.54. The maximum Gasteiger partial charge on any atom is 0.119 e. The molecule has 0 saturated carbocycles. The molecule has 1 aromatic heterocycles. The van der Waals surface area contributed by atoms with Crippen molar-refractivity contribution in [2.24, 2.45) is 5.73 Å². The van der Waals surface area contributed by atoms with Crippen molar-refractivity contribution in [3.8, 4) is 5.75 Å². The molecule has 0 spiro atoms. The summed E-state index contributed by atoms with van der Waals surface area (Å²) in [5.41, 5.74) is 8.43. The third-order valence-corrected chi connectivity index (χ3v) is 3.70. The fourth-order valence-corrected chi connectivity index (χ4v) is 2.74. The quantitative estimate of drug-likeness (QED) is 0.877. The van der Waals surface area contributed by atoms with E-state index in [2.05, 4.69) is 28.0 Å². The molecule has 0 radical (unpaired) electrons. The van der Waals surface area contributed by atoms with Crippen molar-refractivity contribution in [2.45, 2.75) is 32.9 Å². The third-order valence-electron chi connectivity index (χ3n) is 3.09. The van der Waals surface area contributed by atoms with Gasteiger partial charge in [0.05, 0.1) is 29.0 Å². The van der Waals surface area contributed by atoms with Gasteiger partial charge in [-0.05, 0) is 47.0 Å². The summed E-state index contributed by atoms with van der Waals surface area (Å²) in [5, 5.41) is 4.37. The minimum atomic E-state index is -0.223. The highest BCUT2D eigenvalue weighted by atomic mass is 79.9. The van der Waals surface area contributed by atoms with Crippen LogP contribution in [0.4, 0.5) is 0 Å². The molecule has 4 nitrogen and oxygen atoms in total. The number of hydrogen-bond acceptors (Lipinski definition) is 3. The molecule has 108 valence electrons. The molecule has 0 bridgehead atoms. The van der Waals surface area contributed by atoms with Crippen LogP contribution < -0.4 is 10.5 Å². The lowest BCUT2D eigenvalue weighted by molar-refractivity contribution is 0.339. The van der Waals surface area contributed by atoms with Crippen LogP contribution >= 0.6 is 15.9 Å². The molecule has 2 rings (SSSR count). The van der Waals surface area contributed by atoms with Crippen molar-refractivity contribution < 1.29 is 4.74 Å². The van der Waals surface area contributed by atoms with Crippen molar-refractivity contribution in [3.63, 3.8) is 0 Å². The molecular formula is C15H20BrN3O. The number of nitrogens with zero attached hydrogens (tertiary/aromatic N) is 2. The highest BCUT2D eigenvalue weighted by Gasteiger charge is 2.18. The Kier molecular flexibility index (Phi) is 5.20. The van der Waals surface area contributed by atoms with Gasteiger partial charge in [0.2, 0.25) is 0 Å². The summed E-state index contributed by atoms with van der Waals surface area (Å²) in [6.45, 7) is 5.61. The van der Waals surface area contributed by atoms with Crippen molar-refractivity contribution >= 4 is 15.9 Å². The van der Waals surface area contributed by atoms with Crippen molar-refractivity contribution in [2.75, 3.05) is 6.61 Å². The summed E-state index contributed by atoms with van der Waals surface area (Å²) in [6, 6.07) is 7.69. The normalized spacial score (nSPS) is 12.4. The Morgan fingerprint density at radius 1 is 1.40 bits per heavy atom. The van der Waals surface area contributed by atoms with E-state index in [0.717, 1.165) is 34.4 Å². The second-order valence-corrected chi connectivity index (χ2v) is 5.44. The molecule has 1 aromatic carbocycles. The van der Waals surface area contributed by atoms with Crippen molar-refractivity contribution in [1.82, 2.24) is 9.78 Å². The number of ether oxygens (including phenoxy) is 1. The molecule has 0 aliphatic rings. The predicted molar refractivity (Wildman–Crippen MR) is 83.9 cm³/mol. The van der Waals surface area contributed by atoms with Crippen LogP contribution in [0.25, 0.3) is 0 Å². The zero-order valence-corrected chi connectivity index (χ0v) is 13.4. The molecule has 1 heterocycles. The maximum absolute atomic E-state index is 6.41. The Hall–Kier alpha value is -1.33. The van der Waals surface area contributed by atoms with E-state index in [1.54, 1.807) is 6.20 Å². The first-order chi connectivity index (χ1) is 9.67. The number of halogens is 1. The van der Waals surface area contributed by atoms with Crippen LogP contribution in [-0.4, -0.2) is 16.4 Å². The highest BCUT2D eigenvalue weighted by molar-refractivity contribution is 9.10. The molecule has 0 aliphatic heterocycles. The largest absolute Gasteiger partial charge is 0.494 e. The minimum absolute atomic E-state index is 0.223. The Morgan fingerprint density at radius 3 is 2.90 bits per heavy atom.